The summed E-state index contributed by atoms with van der Waals surface area (Å²) in [6.07, 6.45) is 3.20. The van der Waals surface area contributed by atoms with Crippen molar-refractivity contribution >= 4 is 11.6 Å². The first kappa shape index (κ1) is 10.0. The Balaban J connectivity index is 2.46. The summed E-state index contributed by atoms with van der Waals surface area (Å²) in [5.74, 6) is 0.498. The van der Waals surface area contributed by atoms with Gasteiger partial charge in [0.1, 0.15) is 0 Å². The molecule has 1 aromatic carbocycles. The van der Waals surface area contributed by atoms with Gasteiger partial charge in [-0.2, -0.15) is 0 Å². The number of benzene rings is 1. The van der Waals surface area contributed by atoms with Crippen LogP contribution in [0.1, 0.15) is 36.8 Å². The van der Waals surface area contributed by atoms with Gasteiger partial charge in [-0.25, -0.2) is 0 Å². The molecule has 1 aliphatic carbocycles. The van der Waals surface area contributed by atoms with Crippen LogP contribution in [-0.4, -0.2) is 6.04 Å². The number of rotatable bonds is 1. The zero-order chi connectivity index (χ0) is 10.1. The van der Waals surface area contributed by atoms with E-state index in [0.717, 1.165) is 24.3 Å². The summed E-state index contributed by atoms with van der Waals surface area (Å²) in [6.45, 7) is 2.19. The molecule has 2 heteroatoms. The Bertz CT molecular complexity index is 335. The van der Waals surface area contributed by atoms with Gasteiger partial charge in [0.2, 0.25) is 0 Å². The Labute approximate surface area is 90.3 Å². The Morgan fingerprint density at radius 1 is 1.50 bits per heavy atom. The molecule has 1 aliphatic rings. The SMILES string of the molecule is CCC1c2cccc(Cl)c2CCC1N. The molecule has 0 amide bonds. The fourth-order valence-corrected chi connectivity index (χ4v) is 2.73. The maximum absolute atomic E-state index is 6.17. The standard InChI is InChI=1S/C12H16ClN/c1-2-8-9-4-3-5-11(13)10(9)6-7-12(8)14/h3-5,8,12H,2,6-7,14H2,1H3. The highest BCUT2D eigenvalue weighted by molar-refractivity contribution is 6.31. The van der Waals surface area contributed by atoms with Crippen molar-refractivity contribution in [3.05, 3.63) is 34.3 Å². The Morgan fingerprint density at radius 3 is 3.00 bits per heavy atom. The molecule has 2 N–H and O–H groups in total. The van der Waals surface area contributed by atoms with Crippen molar-refractivity contribution in [2.24, 2.45) is 5.73 Å². The van der Waals surface area contributed by atoms with Gasteiger partial charge in [0, 0.05) is 11.1 Å². The maximum Gasteiger partial charge on any atom is 0.0440 e. The first-order chi connectivity index (χ1) is 6.74. The lowest BCUT2D eigenvalue weighted by atomic mass is 9.78. The Hall–Kier alpha value is -0.530. The van der Waals surface area contributed by atoms with E-state index in [4.69, 9.17) is 17.3 Å². The first-order valence-electron chi connectivity index (χ1n) is 5.27. The largest absolute Gasteiger partial charge is 0.327 e. The van der Waals surface area contributed by atoms with Gasteiger partial charge in [0.25, 0.3) is 0 Å². The van der Waals surface area contributed by atoms with Gasteiger partial charge >= 0.3 is 0 Å². The summed E-state index contributed by atoms with van der Waals surface area (Å²) >= 11 is 6.17. The number of hydrogen-bond acceptors (Lipinski definition) is 1. The fourth-order valence-electron chi connectivity index (χ4n) is 2.45. The van der Waals surface area contributed by atoms with E-state index in [-0.39, 0.29) is 0 Å². The van der Waals surface area contributed by atoms with E-state index in [1.165, 1.54) is 11.1 Å². The molecule has 2 atom stereocenters. The van der Waals surface area contributed by atoms with Crippen molar-refractivity contribution in [1.82, 2.24) is 0 Å². The summed E-state index contributed by atoms with van der Waals surface area (Å²) in [5, 5.41) is 0.910. The van der Waals surface area contributed by atoms with Crippen LogP contribution in [0.5, 0.6) is 0 Å². The monoisotopic (exact) mass is 209 g/mol. The van der Waals surface area contributed by atoms with Crippen molar-refractivity contribution in [2.75, 3.05) is 0 Å². The van der Waals surface area contributed by atoms with Crippen LogP contribution in [0.25, 0.3) is 0 Å². The quantitative estimate of drug-likeness (QED) is 0.756. The van der Waals surface area contributed by atoms with Gasteiger partial charge in [0.05, 0.1) is 0 Å². The number of halogens is 1. The number of fused-ring (bicyclic) bond motifs is 1. The molecule has 0 radical (unpaired) electrons. The molecular formula is C12H16ClN. The molecule has 0 aliphatic heterocycles. The summed E-state index contributed by atoms with van der Waals surface area (Å²) < 4.78 is 0. The van der Waals surface area contributed by atoms with E-state index in [1.54, 1.807) is 0 Å². The van der Waals surface area contributed by atoms with Gasteiger partial charge in [-0.05, 0) is 42.4 Å². The second kappa shape index (κ2) is 3.92. The molecule has 1 nitrogen and oxygen atoms in total. The van der Waals surface area contributed by atoms with Crippen LogP contribution in [0.3, 0.4) is 0 Å². The van der Waals surface area contributed by atoms with Gasteiger partial charge < -0.3 is 5.73 Å². The summed E-state index contributed by atoms with van der Waals surface area (Å²) in [5.41, 5.74) is 8.81. The lowest BCUT2D eigenvalue weighted by molar-refractivity contribution is 0.460. The number of hydrogen-bond donors (Lipinski definition) is 1. The molecule has 76 valence electrons. The zero-order valence-electron chi connectivity index (χ0n) is 8.46. The van der Waals surface area contributed by atoms with Crippen LogP contribution in [0.2, 0.25) is 5.02 Å². The highest BCUT2D eigenvalue weighted by Gasteiger charge is 2.26. The molecule has 14 heavy (non-hydrogen) atoms. The average molecular weight is 210 g/mol. The molecule has 1 aromatic rings. The smallest absolute Gasteiger partial charge is 0.0440 e. The fraction of sp³-hybridized carbons (Fsp3) is 0.500. The lowest BCUT2D eigenvalue weighted by Crippen LogP contribution is -2.32. The highest BCUT2D eigenvalue weighted by atomic mass is 35.5. The highest BCUT2D eigenvalue weighted by Crippen LogP contribution is 2.36. The third-order valence-electron chi connectivity index (χ3n) is 3.24. The van der Waals surface area contributed by atoms with Crippen LogP contribution in [-0.2, 0) is 6.42 Å². The van der Waals surface area contributed by atoms with Gasteiger partial charge in [0.15, 0.2) is 0 Å². The Kier molecular flexibility index (Phi) is 2.80. The van der Waals surface area contributed by atoms with Gasteiger partial charge in [-0.15, -0.1) is 0 Å². The first-order valence-corrected chi connectivity index (χ1v) is 5.64. The minimum Gasteiger partial charge on any atom is -0.327 e. The van der Waals surface area contributed by atoms with Gasteiger partial charge in [-0.3, -0.25) is 0 Å². The normalized spacial score (nSPS) is 25.9. The summed E-state index contributed by atoms with van der Waals surface area (Å²) in [6, 6.07) is 6.49. The minimum absolute atomic E-state index is 0.311. The van der Waals surface area contributed by atoms with Crippen LogP contribution in [0.15, 0.2) is 18.2 Å². The molecule has 0 fully saturated rings. The second-order valence-corrected chi connectivity index (χ2v) is 4.43. The summed E-state index contributed by atoms with van der Waals surface area (Å²) in [7, 11) is 0. The van der Waals surface area contributed by atoms with Crippen molar-refractivity contribution in [3.63, 3.8) is 0 Å². The molecule has 0 spiro atoms. The molecule has 0 saturated heterocycles. The predicted octanol–water partition coefficient (Wildman–Crippen LogP) is 3.11. The van der Waals surface area contributed by atoms with Crippen molar-refractivity contribution in [2.45, 2.75) is 38.1 Å². The van der Waals surface area contributed by atoms with E-state index in [2.05, 4.69) is 13.0 Å². The van der Waals surface area contributed by atoms with Crippen LogP contribution < -0.4 is 5.73 Å². The third kappa shape index (κ3) is 1.55. The van der Waals surface area contributed by atoms with E-state index in [9.17, 15) is 0 Å². The molecular weight excluding hydrogens is 194 g/mol. The molecule has 0 heterocycles. The number of nitrogens with two attached hydrogens (primary N) is 1. The van der Waals surface area contributed by atoms with E-state index in [0.29, 0.717) is 12.0 Å². The lowest BCUT2D eigenvalue weighted by Gasteiger charge is -2.31. The molecule has 2 rings (SSSR count). The van der Waals surface area contributed by atoms with E-state index < -0.39 is 0 Å². The molecule has 0 aromatic heterocycles. The molecule has 2 unspecified atom stereocenters. The van der Waals surface area contributed by atoms with E-state index in [1.807, 2.05) is 12.1 Å². The maximum atomic E-state index is 6.17. The van der Waals surface area contributed by atoms with E-state index >= 15 is 0 Å². The van der Waals surface area contributed by atoms with Crippen LogP contribution in [0.4, 0.5) is 0 Å². The van der Waals surface area contributed by atoms with Gasteiger partial charge in [-0.1, -0.05) is 30.7 Å². The average Bonchev–Trinajstić information content (AvgIpc) is 2.18. The Morgan fingerprint density at radius 2 is 2.29 bits per heavy atom. The van der Waals surface area contributed by atoms with Crippen LogP contribution >= 0.6 is 11.6 Å². The second-order valence-electron chi connectivity index (χ2n) is 4.02. The predicted molar refractivity (Wildman–Crippen MR) is 60.8 cm³/mol. The topological polar surface area (TPSA) is 26.0 Å². The summed E-state index contributed by atoms with van der Waals surface area (Å²) in [4.78, 5) is 0. The van der Waals surface area contributed by atoms with Crippen molar-refractivity contribution in [1.29, 1.82) is 0 Å². The van der Waals surface area contributed by atoms with Crippen molar-refractivity contribution < 1.29 is 0 Å². The molecule has 0 saturated carbocycles. The minimum atomic E-state index is 0.311. The van der Waals surface area contributed by atoms with Crippen LogP contribution in [0, 0.1) is 0 Å². The zero-order valence-corrected chi connectivity index (χ0v) is 9.22. The third-order valence-corrected chi connectivity index (χ3v) is 3.59. The molecule has 0 bridgehead atoms. The van der Waals surface area contributed by atoms with Crippen molar-refractivity contribution in [3.8, 4) is 0 Å².